The van der Waals surface area contributed by atoms with Crippen molar-refractivity contribution in [2.24, 2.45) is 23.7 Å². The first-order chi connectivity index (χ1) is 49.1. The van der Waals surface area contributed by atoms with Gasteiger partial charge in [-0.25, -0.2) is 9.13 Å². The van der Waals surface area contributed by atoms with Gasteiger partial charge in [0.1, 0.15) is 19.3 Å². The fourth-order valence-electron chi connectivity index (χ4n) is 12.8. The highest BCUT2D eigenvalue weighted by Crippen LogP contribution is 2.45. The third-order valence-corrected chi connectivity index (χ3v) is 21.6. The molecule has 0 bridgehead atoms. The lowest BCUT2D eigenvalue weighted by Crippen LogP contribution is -2.30. The molecule has 0 saturated heterocycles. The Morgan fingerprint density at radius 2 is 0.471 bits per heavy atom. The molecule has 0 rings (SSSR count). The Morgan fingerprint density at radius 1 is 0.275 bits per heavy atom. The molecule has 0 fully saturated rings. The maximum absolute atomic E-state index is 13.1. The lowest BCUT2D eigenvalue weighted by molar-refractivity contribution is -0.161. The van der Waals surface area contributed by atoms with Crippen LogP contribution in [0, 0.1) is 23.7 Å². The number of esters is 4. The van der Waals surface area contributed by atoms with E-state index in [2.05, 4.69) is 55.4 Å². The molecule has 0 saturated carbocycles. The maximum Gasteiger partial charge on any atom is 0.472 e. The number of ether oxygens (including phenoxy) is 4. The normalized spacial score (nSPS) is 14.3. The molecular weight excluding hydrogens is 1330 g/mol. The van der Waals surface area contributed by atoms with Crippen LogP contribution in [0.5, 0.6) is 0 Å². The van der Waals surface area contributed by atoms with Gasteiger partial charge in [0.05, 0.1) is 26.4 Å². The molecule has 102 heavy (non-hydrogen) atoms. The quantitative estimate of drug-likeness (QED) is 0.0222. The molecule has 0 spiro atoms. The maximum atomic E-state index is 13.1. The van der Waals surface area contributed by atoms with Crippen LogP contribution in [-0.2, 0) is 65.4 Å². The lowest BCUT2D eigenvalue weighted by Gasteiger charge is -2.21. The molecule has 3 unspecified atom stereocenters. The van der Waals surface area contributed by atoms with Crippen molar-refractivity contribution in [3.8, 4) is 0 Å². The number of rotatable bonds is 80. The third kappa shape index (κ3) is 74.9. The van der Waals surface area contributed by atoms with Crippen molar-refractivity contribution in [2.75, 3.05) is 39.6 Å². The van der Waals surface area contributed by atoms with Crippen LogP contribution in [0.4, 0.5) is 0 Å². The van der Waals surface area contributed by atoms with E-state index in [9.17, 15) is 43.2 Å². The number of carbonyl (C=O) groups is 4. The van der Waals surface area contributed by atoms with Gasteiger partial charge >= 0.3 is 39.5 Å². The van der Waals surface area contributed by atoms with Crippen LogP contribution >= 0.6 is 15.6 Å². The summed E-state index contributed by atoms with van der Waals surface area (Å²) in [6.45, 7) is 14.3. The molecule has 0 aromatic carbocycles. The molecule has 606 valence electrons. The van der Waals surface area contributed by atoms with Crippen LogP contribution in [0.25, 0.3) is 0 Å². The molecule has 0 aliphatic carbocycles. The minimum Gasteiger partial charge on any atom is -0.462 e. The molecular formula is C83H162O17P2. The molecule has 0 aromatic heterocycles. The highest BCUT2D eigenvalue weighted by molar-refractivity contribution is 7.47. The van der Waals surface area contributed by atoms with Gasteiger partial charge in [-0.3, -0.25) is 37.3 Å². The summed E-state index contributed by atoms with van der Waals surface area (Å²) in [7, 11) is -9.93. The van der Waals surface area contributed by atoms with Crippen LogP contribution in [0.3, 0.4) is 0 Å². The van der Waals surface area contributed by atoms with Crippen molar-refractivity contribution in [2.45, 2.75) is 446 Å². The number of unbranched alkanes of at least 4 members (excludes halogenated alkanes) is 45. The summed E-state index contributed by atoms with van der Waals surface area (Å²) in [6.07, 6.45) is 59.7. The average Bonchev–Trinajstić information content (AvgIpc) is 0.922. The molecule has 0 amide bonds. The van der Waals surface area contributed by atoms with E-state index in [0.29, 0.717) is 25.7 Å². The van der Waals surface area contributed by atoms with Crippen molar-refractivity contribution < 1.29 is 80.2 Å². The van der Waals surface area contributed by atoms with E-state index in [1.165, 1.54) is 225 Å². The first kappa shape index (κ1) is 100. The molecule has 0 aliphatic rings. The average molecular weight is 1490 g/mol. The summed E-state index contributed by atoms with van der Waals surface area (Å²) in [4.78, 5) is 73.1. The zero-order chi connectivity index (χ0) is 75.3. The fraction of sp³-hybridized carbons (Fsp3) is 0.952. The Balaban J connectivity index is 5.22. The van der Waals surface area contributed by atoms with Crippen LogP contribution in [0.15, 0.2) is 0 Å². The van der Waals surface area contributed by atoms with E-state index in [0.717, 1.165) is 120 Å². The van der Waals surface area contributed by atoms with Crippen LogP contribution < -0.4 is 0 Å². The summed E-state index contributed by atoms with van der Waals surface area (Å²) in [5.41, 5.74) is 0. The molecule has 0 aromatic rings. The third-order valence-electron chi connectivity index (χ3n) is 19.7. The summed E-state index contributed by atoms with van der Waals surface area (Å²) < 4.78 is 68.8. The number of hydrogen-bond acceptors (Lipinski definition) is 15. The minimum absolute atomic E-state index is 0.107. The molecule has 17 nitrogen and oxygen atoms in total. The Labute approximate surface area is 626 Å². The first-order valence-corrected chi connectivity index (χ1v) is 45.7. The number of aliphatic hydroxyl groups is 1. The van der Waals surface area contributed by atoms with Crippen molar-refractivity contribution in [1.82, 2.24) is 0 Å². The SMILES string of the molecule is CCC(C)CCCCCCCCC(=O)OC[C@H](COP(=O)(O)OC[C@H](O)COP(=O)(O)OC[C@@H](COC(=O)CCCCCCCCCCCCCCC(C)C)OC(=O)CCCCCCCCCCCCCCCC(C)C)OC(=O)CCCCCCCCCCCCCCCCCCCCC(C)C. The van der Waals surface area contributed by atoms with Gasteiger partial charge < -0.3 is 33.8 Å². The van der Waals surface area contributed by atoms with Crippen molar-refractivity contribution in [3.05, 3.63) is 0 Å². The van der Waals surface area contributed by atoms with E-state index in [4.69, 9.17) is 37.0 Å². The standard InChI is InChI=1S/C83H162O17P2/c1-9-76(8)62-54-46-41-42-48-56-64-81(86)94-70-79(100-83(88)65-57-49-39-33-27-19-15-13-11-10-12-14-17-23-29-35-43-51-59-73(2)3)72-98-102(91,92)96-68-77(84)67-95-101(89,90)97-71-78(69-93-80(85)63-55-47-38-32-26-22-21-25-31-37-45-53-61-75(6)7)99-82(87)66-58-50-40-34-28-20-16-18-24-30-36-44-52-60-74(4)5/h73-79,84H,9-72H2,1-8H3,(H,89,90)(H,91,92)/t76?,77-,78-,79-/m1/s1. The number of hydrogen-bond donors (Lipinski definition) is 3. The summed E-state index contributed by atoms with van der Waals surface area (Å²) in [5.74, 6) is 1.01. The second kappa shape index (κ2) is 72.0. The number of phosphoric acid groups is 2. The van der Waals surface area contributed by atoms with E-state index in [1.54, 1.807) is 0 Å². The van der Waals surface area contributed by atoms with Crippen LogP contribution in [-0.4, -0.2) is 96.7 Å². The van der Waals surface area contributed by atoms with Crippen LogP contribution in [0.2, 0.25) is 0 Å². The fourth-order valence-corrected chi connectivity index (χ4v) is 14.3. The Kier molecular flexibility index (Phi) is 70.6. The van der Waals surface area contributed by atoms with E-state index >= 15 is 0 Å². The predicted molar refractivity (Wildman–Crippen MR) is 418 cm³/mol. The molecule has 0 radical (unpaired) electrons. The molecule has 0 aliphatic heterocycles. The molecule has 6 atom stereocenters. The van der Waals surface area contributed by atoms with Gasteiger partial charge in [0.15, 0.2) is 12.2 Å². The molecule has 3 N–H and O–H groups in total. The van der Waals surface area contributed by atoms with E-state index in [-0.39, 0.29) is 25.7 Å². The number of aliphatic hydroxyl groups excluding tert-OH is 1. The summed E-state index contributed by atoms with van der Waals surface area (Å²) in [5, 5.41) is 10.7. The monoisotopic (exact) mass is 1490 g/mol. The van der Waals surface area contributed by atoms with Gasteiger partial charge in [-0.15, -0.1) is 0 Å². The Hall–Kier alpha value is -1.94. The smallest absolute Gasteiger partial charge is 0.462 e. The first-order valence-electron chi connectivity index (χ1n) is 42.7. The number of phosphoric ester groups is 2. The zero-order valence-electron chi connectivity index (χ0n) is 67.2. The molecule has 0 heterocycles. The van der Waals surface area contributed by atoms with Gasteiger partial charge in [-0.1, -0.05) is 376 Å². The second-order valence-electron chi connectivity index (χ2n) is 31.5. The highest BCUT2D eigenvalue weighted by Gasteiger charge is 2.30. The predicted octanol–water partition coefficient (Wildman–Crippen LogP) is 24.8. The van der Waals surface area contributed by atoms with E-state index < -0.39 is 97.5 Å². The lowest BCUT2D eigenvalue weighted by atomic mass is 10.00. The minimum atomic E-state index is -4.96. The number of carbonyl (C=O) groups excluding carboxylic acids is 4. The highest BCUT2D eigenvalue weighted by atomic mass is 31.2. The molecule has 19 heteroatoms. The van der Waals surface area contributed by atoms with Crippen molar-refractivity contribution in [3.63, 3.8) is 0 Å². The summed E-state index contributed by atoms with van der Waals surface area (Å²) >= 11 is 0. The second-order valence-corrected chi connectivity index (χ2v) is 34.4. The van der Waals surface area contributed by atoms with Gasteiger partial charge in [0, 0.05) is 25.7 Å². The van der Waals surface area contributed by atoms with Gasteiger partial charge in [-0.05, 0) is 49.4 Å². The van der Waals surface area contributed by atoms with Crippen molar-refractivity contribution >= 4 is 39.5 Å². The topological polar surface area (TPSA) is 237 Å². The van der Waals surface area contributed by atoms with Crippen LogP contribution in [0.1, 0.15) is 428 Å². The largest absolute Gasteiger partial charge is 0.472 e. The summed E-state index contributed by atoms with van der Waals surface area (Å²) in [6, 6.07) is 0. The zero-order valence-corrected chi connectivity index (χ0v) is 69.0. The van der Waals surface area contributed by atoms with E-state index in [1.807, 2.05) is 0 Å². The van der Waals surface area contributed by atoms with Gasteiger partial charge in [0.2, 0.25) is 0 Å². The van der Waals surface area contributed by atoms with Gasteiger partial charge in [-0.2, -0.15) is 0 Å². The Bertz CT molecular complexity index is 1990. The Morgan fingerprint density at radius 3 is 0.696 bits per heavy atom. The van der Waals surface area contributed by atoms with Gasteiger partial charge in [0.25, 0.3) is 0 Å². The van der Waals surface area contributed by atoms with Crippen molar-refractivity contribution in [1.29, 1.82) is 0 Å².